The molecule has 1 heterocycles. The predicted octanol–water partition coefficient (Wildman–Crippen LogP) is 3.45. The van der Waals surface area contributed by atoms with Crippen molar-refractivity contribution in [2.75, 3.05) is 11.9 Å². The Morgan fingerprint density at radius 3 is 2.73 bits per heavy atom. The number of carbonyl (C=O) groups excluding carboxylic acids is 1. The molecule has 5 heteroatoms. The lowest BCUT2D eigenvalue weighted by Gasteiger charge is -2.23. The molecule has 1 aromatic heterocycles. The number of unbranched alkanes of at least 4 members (excludes halogenated alkanes) is 2. The summed E-state index contributed by atoms with van der Waals surface area (Å²) in [5.41, 5.74) is 0.460. The van der Waals surface area contributed by atoms with Crippen LogP contribution >= 0.6 is 0 Å². The molecule has 1 aliphatic rings. The van der Waals surface area contributed by atoms with Crippen LogP contribution in [0.15, 0.2) is 6.07 Å². The summed E-state index contributed by atoms with van der Waals surface area (Å²) in [6.07, 6.45) is 9.53. The van der Waals surface area contributed by atoms with Gasteiger partial charge in [0.2, 0.25) is 0 Å². The van der Waals surface area contributed by atoms with Crippen molar-refractivity contribution in [2.24, 2.45) is 0 Å². The number of nitrogens with one attached hydrogen (secondary N) is 2. The first-order chi connectivity index (χ1) is 10.7. The van der Waals surface area contributed by atoms with Crippen molar-refractivity contribution in [2.45, 2.75) is 71.3 Å². The van der Waals surface area contributed by atoms with Crippen LogP contribution in [0.2, 0.25) is 0 Å². The molecule has 122 valence electrons. The fourth-order valence-electron chi connectivity index (χ4n) is 2.88. The molecule has 0 aliphatic heterocycles. The van der Waals surface area contributed by atoms with Crippen LogP contribution in [0, 0.1) is 6.92 Å². The first kappa shape index (κ1) is 16.7. The molecule has 1 aromatic rings. The Kier molecular flexibility index (Phi) is 6.62. The maximum absolute atomic E-state index is 12.2. The van der Waals surface area contributed by atoms with E-state index in [9.17, 15) is 4.79 Å². The van der Waals surface area contributed by atoms with Gasteiger partial charge in [0.15, 0.2) is 0 Å². The lowest BCUT2D eigenvalue weighted by Crippen LogP contribution is -2.27. The average Bonchev–Trinajstić information content (AvgIpc) is 2.52. The predicted molar refractivity (Wildman–Crippen MR) is 89.1 cm³/mol. The summed E-state index contributed by atoms with van der Waals surface area (Å²) in [5, 5.41) is 6.40. The average molecular weight is 304 g/mol. The van der Waals surface area contributed by atoms with E-state index >= 15 is 0 Å². The van der Waals surface area contributed by atoms with Crippen LogP contribution in [0.25, 0.3) is 0 Å². The molecular formula is C17H28N4O. The summed E-state index contributed by atoms with van der Waals surface area (Å²) in [6.45, 7) is 4.69. The molecule has 1 fully saturated rings. The minimum Gasteiger partial charge on any atom is -0.367 e. The maximum Gasteiger partial charge on any atom is 0.270 e. The topological polar surface area (TPSA) is 66.9 Å². The minimum absolute atomic E-state index is 0.103. The van der Waals surface area contributed by atoms with E-state index in [-0.39, 0.29) is 5.91 Å². The zero-order valence-corrected chi connectivity index (χ0v) is 13.8. The molecule has 0 saturated heterocycles. The zero-order valence-electron chi connectivity index (χ0n) is 13.8. The number of rotatable bonds is 7. The summed E-state index contributed by atoms with van der Waals surface area (Å²) in [6, 6.07) is 2.25. The van der Waals surface area contributed by atoms with Gasteiger partial charge in [-0.3, -0.25) is 4.79 Å². The minimum atomic E-state index is -0.103. The fraction of sp³-hybridized carbons (Fsp3) is 0.706. The largest absolute Gasteiger partial charge is 0.367 e. The highest BCUT2D eigenvalue weighted by atomic mass is 16.1. The van der Waals surface area contributed by atoms with E-state index in [2.05, 4.69) is 27.5 Å². The molecule has 2 N–H and O–H groups in total. The molecule has 0 bridgehead atoms. The number of hydrogen-bond acceptors (Lipinski definition) is 4. The monoisotopic (exact) mass is 304 g/mol. The van der Waals surface area contributed by atoms with Crippen LogP contribution in [0.5, 0.6) is 0 Å². The van der Waals surface area contributed by atoms with Crippen LogP contribution in [-0.2, 0) is 0 Å². The Morgan fingerprint density at radius 2 is 2.00 bits per heavy atom. The van der Waals surface area contributed by atoms with E-state index in [0.717, 1.165) is 25.1 Å². The first-order valence-electron chi connectivity index (χ1n) is 8.59. The van der Waals surface area contributed by atoms with Crippen LogP contribution in [0.3, 0.4) is 0 Å². The van der Waals surface area contributed by atoms with Gasteiger partial charge in [-0.25, -0.2) is 9.97 Å². The molecule has 0 atom stereocenters. The van der Waals surface area contributed by atoms with Gasteiger partial charge in [-0.2, -0.15) is 0 Å². The van der Waals surface area contributed by atoms with Crippen LogP contribution in [0.1, 0.15) is 74.6 Å². The summed E-state index contributed by atoms with van der Waals surface area (Å²) < 4.78 is 0. The van der Waals surface area contributed by atoms with E-state index in [1.165, 1.54) is 32.1 Å². The highest BCUT2D eigenvalue weighted by Crippen LogP contribution is 2.21. The second-order valence-corrected chi connectivity index (χ2v) is 6.13. The second kappa shape index (κ2) is 8.71. The number of hydrogen-bond donors (Lipinski definition) is 2. The number of aromatic nitrogens is 2. The molecule has 0 aromatic carbocycles. The van der Waals surface area contributed by atoms with Gasteiger partial charge in [-0.1, -0.05) is 39.0 Å². The molecule has 22 heavy (non-hydrogen) atoms. The number of anilines is 1. The van der Waals surface area contributed by atoms with Gasteiger partial charge < -0.3 is 10.6 Å². The number of aryl methyl sites for hydroxylation is 1. The lowest BCUT2D eigenvalue weighted by atomic mass is 9.95. The van der Waals surface area contributed by atoms with Gasteiger partial charge >= 0.3 is 0 Å². The Bertz CT molecular complexity index is 484. The third-order valence-corrected chi connectivity index (χ3v) is 4.09. The number of carbonyl (C=O) groups is 1. The van der Waals surface area contributed by atoms with Gasteiger partial charge in [-0.05, 0) is 26.2 Å². The quantitative estimate of drug-likeness (QED) is 0.757. The molecule has 1 aliphatic carbocycles. The molecule has 5 nitrogen and oxygen atoms in total. The SMILES string of the molecule is CCCCCNC(=O)c1cc(NC2CCCCC2)nc(C)n1. The van der Waals surface area contributed by atoms with Gasteiger partial charge in [0.25, 0.3) is 5.91 Å². The van der Waals surface area contributed by atoms with Crippen molar-refractivity contribution in [3.8, 4) is 0 Å². The van der Waals surface area contributed by atoms with Crippen molar-refractivity contribution in [3.05, 3.63) is 17.6 Å². The van der Waals surface area contributed by atoms with Crippen molar-refractivity contribution >= 4 is 11.7 Å². The molecule has 0 unspecified atom stereocenters. The molecule has 1 amide bonds. The second-order valence-electron chi connectivity index (χ2n) is 6.13. The van der Waals surface area contributed by atoms with Crippen LogP contribution in [-0.4, -0.2) is 28.5 Å². The third-order valence-electron chi connectivity index (χ3n) is 4.09. The summed E-state index contributed by atoms with van der Waals surface area (Å²) in [4.78, 5) is 20.9. The fourth-order valence-corrected chi connectivity index (χ4v) is 2.88. The van der Waals surface area contributed by atoms with Crippen molar-refractivity contribution < 1.29 is 4.79 Å². The van der Waals surface area contributed by atoms with Gasteiger partial charge in [0, 0.05) is 18.7 Å². The van der Waals surface area contributed by atoms with Crippen LogP contribution in [0.4, 0.5) is 5.82 Å². The molecule has 0 radical (unpaired) electrons. The Labute approximate surface area is 133 Å². The van der Waals surface area contributed by atoms with Crippen molar-refractivity contribution in [1.82, 2.24) is 15.3 Å². The van der Waals surface area contributed by atoms with Gasteiger partial charge in [0.1, 0.15) is 17.3 Å². The van der Waals surface area contributed by atoms with Crippen molar-refractivity contribution in [3.63, 3.8) is 0 Å². The molecular weight excluding hydrogens is 276 g/mol. The van der Waals surface area contributed by atoms with E-state index in [4.69, 9.17) is 0 Å². The highest BCUT2D eigenvalue weighted by molar-refractivity contribution is 5.92. The molecule has 2 rings (SSSR count). The number of nitrogens with zero attached hydrogens (tertiary/aromatic N) is 2. The third kappa shape index (κ3) is 5.28. The Morgan fingerprint density at radius 1 is 1.23 bits per heavy atom. The Balaban J connectivity index is 1.94. The van der Waals surface area contributed by atoms with E-state index in [1.807, 2.05) is 6.92 Å². The van der Waals surface area contributed by atoms with Crippen LogP contribution < -0.4 is 10.6 Å². The normalized spacial score (nSPS) is 15.5. The first-order valence-corrected chi connectivity index (χ1v) is 8.59. The van der Waals surface area contributed by atoms with Crippen molar-refractivity contribution in [1.29, 1.82) is 0 Å². The summed E-state index contributed by atoms with van der Waals surface area (Å²) in [5.74, 6) is 1.31. The standard InChI is InChI=1S/C17H28N4O/c1-3-4-8-11-18-17(22)15-12-16(20-13(2)19-15)21-14-9-6-5-7-10-14/h12,14H,3-11H2,1-2H3,(H,18,22)(H,19,20,21). The van der Waals surface area contributed by atoms with E-state index < -0.39 is 0 Å². The van der Waals surface area contributed by atoms with Gasteiger partial charge in [-0.15, -0.1) is 0 Å². The lowest BCUT2D eigenvalue weighted by molar-refractivity contribution is 0.0947. The molecule has 1 saturated carbocycles. The van der Waals surface area contributed by atoms with E-state index in [0.29, 0.717) is 24.1 Å². The highest BCUT2D eigenvalue weighted by Gasteiger charge is 2.15. The smallest absolute Gasteiger partial charge is 0.270 e. The summed E-state index contributed by atoms with van der Waals surface area (Å²) >= 11 is 0. The Hall–Kier alpha value is -1.65. The summed E-state index contributed by atoms with van der Waals surface area (Å²) in [7, 11) is 0. The zero-order chi connectivity index (χ0) is 15.8. The number of amides is 1. The molecule has 0 spiro atoms. The van der Waals surface area contributed by atoms with E-state index in [1.54, 1.807) is 6.07 Å². The maximum atomic E-state index is 12.2. The van der Waals surface area contributed by atoms with Gasteiger partial charge in [0.05, 0.1) is 0 Å².